The molecule has 0 aliphatic heterocycles. The standard InChI is InChI=1S/C4H3N3S/c5-1-3-4(8)7-2-6-3/h2,8H,(H,6,7). The smallest absolute Gasteiger partial charge is 0.151 e. The van der Waals surface area contributed by atoms with E-state index in [9.17, 15) is 0 Å². The average molecular weight is 125 g/mol. The fourth-order valence-corrected chi connectivity index (χ4v) is 0.542. The van der Waals surface area contributed by atoms with E-state index in [1.165, 1.54) is 6.33 Å². The van der Waals surface area contributed by atoms with E-state index in [1.807, 2.05) is 6.07 Å². The summed E-state index contributed by atoms with van der Waals surface area (Å²) in [5, 5.41) is 8.69. The lowest BCUT2D eigenvalue weighted by atomic mass is 10.5. The van der Waals surface area contributed by atoms with E-state index in [1.54, 1.807) is 0 Å². The van der Waals surface area contributed by atoms with Gasteiger partial charge in [-0.1, -0.05) is 0 Å². The Hall–Kier alpha value is -0.950. The number of imidazole rings is 1. The fraction of sp³-hybridized carbons (Fsp3) is 0. The summed E-state index contributed by atoms with van der Waals surface area (Å²) in [5.74, 6) is 0. The van der Waals surface area contributed by atoms with Crippen molar-refractivity contribution in [2.24, 2.45) is 0 Å². The Bertz CT molecular complexity index is 221. The van der Waals surface area contributed by atoms with Crippen molar-refractivity contribution in [3.05, 3.63) is 12.0 Å². The maximum Gasteiger partial charge on any atom is 0.151 e. The minimum absolute atomic E-state index is 0.410. The zero-order valence-electron chi connectivity index (χ0n) is 3.92. The molecule has 0 atom stereocenters. The average Bonchev–Trinajstić information content (AvgIpc) is 2.14. The van der Waals surface area contributed by atoms with Crippen molar-refractivity contribution in [3.63, 3.8) is 0 Å². The number of nitriles is 1. The number of thiol groups is 1. The van der Waals surface area contributed by atoms with Crippen LogP contribution in [0.5, 0.6) is 0 Å². The van der Waals surface area contributed by atoms with Gasteiger partial charge < -0.3 is 4.98 Å². The van der Waals surface area contributed by atoms with E-state index in [0.29, 0.717) is 10.7 Å². The van der Waals surface area contributed by atoms with Crippen LogP contribution in [0.25, 0.3) is 0 Å². The number of aromatic nitrogens is 2. The molecular formula is C4H3N3S. The molecule has 1 N–H and O–H groups in total. The summed E-state index contributed by atoms with van der Waals surface area (Å²) in [7, 11) is 0. The van der Waals surface area contributed by atoms with Gasteiger partial charge in [0.25, 0.3) is 0 Å². The molecule has 0 amide bonds. The van der Waals surface area contributed by atoms with Gasteiger partial charge in [-0.25, -0.2) is 4.98 Å². The molecule has 0 saturated heterocycles. The van der Waals surface area contributed by atoms with Gasteiger partial charge in [0, 0.05) is 0 Å². The molecule has 0 radical (unpaired) electrons. The number of rotatable bonds is 0. The number of nitrogens with zero attached hydrogens (tertiary/aromatic N) is 2. The lowest BCUT2D eigenvalue weighted by Crippen LogP contribution is -1.70. The van der Waals surface area contributed by atoms with Gasteiger partial charge in [-0.05, 0) is 0 Å². The minimum atomic E-state index is 0.410. The molecule has 40 valence electrons. The molecule has 1 aromatic rings. The number of hydrogen-bond donors (Lipinski definition) is 2. The lowest BCUT2D eigenvalue weighted by Gasteiger charge is -1.74. The molecule has 0 saturated carbocycles. The summed E-state index contributed by atoms with van der Waals surface area (Å²) in [4.78, 5) is 6.28. The Morgan fingerprint density at radius 1 is 1.88 bits per heavy atom. The minimum Gasteiger partial charge on any atom is -0.335 e. The zero-order chi connectivity index (χ0) is 5.98. The Balaban J connectivity index is 3.15. The molecule has 0 aliphatic rings. The van der Waals surface area contributed by atoms with Crippen LogP contribution in [0.4, 0.5) is 0 Å². The highest BCUT2D eigenvalue weighted by Gasteiger charge is 1.95. The van der Waals surface area contributed by atoms with Gasteiger partial charge in [0.1, 0.15) is 11.1 Å². The molecular weight excluding hydrogens is 122 g/mol. The molecule has 4 heteroatoms. The maximum atomic E-state index is 8.24. The molecule has 0 unspecified atom stereocenters. The predicted molar refractivity (Wildman–Crippen MR) is 30.6 cm³/mol. The van der Waals surface area contributed by atoms with Crippen molar-refractivity contribution in [3.8, 4) is 6.07 Å². The van der Waals surface area contributed by atoms with Crippen LogP contribution in [0.1, 0.15) is 5.69 Å². The van der Waals surface area contributed by atoms with Gasteiger partial charge in [0.05, 0.1) is 6.33 Å². The van der Waals surface area contributed by atoms with Gasteiger partial charge in [0.15, 0.2) is 5.69 Å². The first kappa shape index (κ1) is 5.19. The number of H-pyrrole nitrogens is 1. The third kappa shape index (κ3) is 0.678. The van der Waals surface area contributed by atoms with E-state index < -0.39 is 0 Å². The van der Waals surface area contributed by atoms with Crippen LogP contribution in [-0.4, -0.2) is 9.97 Å². The largest absolute Gasteiger partial charge is 0.335 e. The van der Waals surface area contributed by atoms with Crippen LogP contribution in [0.2, 0.25) is 0 Å². The Morgan fingerprint density at radius 2 is 2.62 bits per heavy atom. The number of hydrogen-bond acceptors (Lipinski definition) is 3. The molecule has 1 rings (SSSR count). The van der Waals surface area contributed by atoms with Crippen molar-refractivity contribution in [2.45, 2.75) is 5.03 Å². The van der Waals surface area contributed by atoms with Crippen LogP contribution in [-0.2, 0) is 0 Å². The van der Waals surface area contributed by atoms with Crippen molar-refractivity contribution in [2.75, 3.05) is 0 Å². The molecule has 1 aromatic heterocycles. The third-order valence-electron chi connectivity index (χ3n) is 0.731. The molecule has 0 spiro atoms. The van der Waals surface area contributed by atoms with E-state index in [4.69, 9.17) is 5.26 Å². The van der Waals surface area contributed by atoms with E-state index in [0.717, 1.165) is 0 Å². The summed E-state index contributed by atoms with van der Waals surface area (Å²) in [6, 6.07) is 1.88. The highest BCUT2D eigenvalue weighted by atomic mass is 32.1. The van der Waals surface area contributed by atoms with Gasteiger partial charge in [0.2, 0.25) is 0 Å². The van der Waals surface area contributed by atoms with Gasteiger partial charge in [-0.3, -0.25) is 0 Å². The second-order valence-electron chi connectivity index (χ2n) is 1.21. The van der Waals surface area contributed by atoms with Crippen molar-refractivity contribution >= 4 is 12.6 Å². The normalized spacial score (nSPS) is 8.50. The predicted octanol–water partition coefficient (Wildman–Crippen LogP) is 0.570. The van der Waals surface area contributed by atoms with E-state index in [-0.39, 0.29) is 0 Å². The fourth-order valence-electron chi connectivity index (χ4n) is 0.369. The molecule has 1 heterocycles. The van der Waals surface area contributed by atoms with Crippen molar-refractivity contribution in [1.29, 1.82) is 5.26 Å². The first-order valence-corrected chi connectivity index (χ1v) is 2.41. The van der Waals surface area contributed by atoms with E-state index >= 15 is 0 Å². The van der Waals surface area contributed by atoms with Crippen LogP contribution in [0.3, 0.4) is 0 Å². The number of nitrogens with one attached hydrogen (secondary N) is 1. The Morgan fingerprint density at radius 3 is 2.88 bits per heavy atom. The first-order valence-electron chi connectivity index (χ1n) is 1.97. The second kappa shape index (κ2) is 1.88. The van der Waals surface area contributed by atoms with Crippen molar-refractivity contribution in [1.82, 2.24) is 9.97 Å². The van der Waals surface area contributed by atoms with Gasteiger partial charge in [-0.2, -0.15) is 5.26 Å². The van der Waals surface area contributed by atoms with Crippen LogP contribution in [0.15, 0.2) is 11.4 Å². The summed E-state index contributed by atoms with van der Waals surface area (Å²) >= 11 is 3.86. The highest BCUT2D eigenvalue weighted by Crippen LogP contribution is 2.03. The maximum absolute atomic E-state index is 8.24. The summed E-state index contributed by atoms with van der Waals surface area (Å²) in [5.41, 5.74) is 0.410. The quantitative estimate of drug-likeness (QED) is 0.498. The molecule has 0 bridgehead atoms. The van der Waals surface area contributed by atoms with Gasteiger partial charge >= 0.3 is 0 Å². The topological polar surface area (TPSA) is 52.5 Å². The van der Waals surface area contributed by atoms with Crippen LogP contribution in [0, 0.1) is 11.3 Å². The van der Waals surface area contributed by atoms with Crippen LogP contribution < -0.4 is 0 Å². The lowest BCUT2D eigenvalue weighted by molar-refractivity contribution is 1.20. The SMILES string of the molecule is N#Cc1[nH]cnc1S. The summed E-state index contributed by atoms with van der Waals surface area (Å²) < 4.78 is 0. The monoisotopic (exact) mass is 125 g/mol. The number of aromatic amines is 1. The molecule has 0 aliphatic carbocycles. The van der Waals surface area contributed by atoms with Gasteiger partial charge in [-0.15, -0.1) is 12.6 Å². The van der Waals surface area contributed by atoms with E-state index in [2.05, 4.69) is 22.6 Å². The molecule has 3 nitrogen and oxygen atoms in total. The Labute approximate surface area is 51.8 Å². The summed E-state index contributed by atoms with van der Waals surface area (Å²) in [6.07, 6.45) is 1.43. The molecule has 8 heavy (non-hydrogen) atoms. The van der Waals surface area contributed by atoms with Crippen LogP contribution >= 0.6 is 12.6 Å². The second-order valence-corrected chi connectivity index (χ2v) is 1.64. The third-order valence-corrected chi connectivity index (χ3v) is 1.07. The first-order chi connectivity index (χ1) is 3.84. The Kier molecular flexibility index (Phi) is 1.22. The highest BCUT2D eigenvalue weighted by molar-refractivity contribution is 7.80. The zero-order valence-corrected chi connectivity index (χ0v) is 4.81. The molecule has 0 fully saturated rings. The summed E-state index contributed by atoms with van der Waals surface area (Å²) in [6.45, 7) is 0. The van der Waals surface area contributed by atoms with Crippen molar-refractivity contribution < 1.29 is 0 Å². The molecule has 0 aromatic carbocycles.